The SMILES string of the molecule is CC(=O)O.CC1(C)[C@@H]2CC[C@]1(C)[C@@H](OC(=O)C(=O)O[C@H]1C[C@H]3CC[C@@]1(C)C3(C)C)C2. The molecule has 0 aliphatic heterocycles. The summed E-state index contributed by atoms with van der Waals surface area (Å²) in [4.78, 5) is 34.0. The van der Waals surface area contributed by atoms with Gasteiger partial charge in [-0.3, -0.25) is 4.79 Å². The summed E-state index contributed by atoms with van der Waals surface area (Å²) in [5.41, 5.74) is 0.246. The number of rotatable bonds is 2. The Kier molecular flexibility index (Phi) is 5.57. The van der Waals surface area contributed by atoms with Gasteiger partial charge in [-0.05, 0) is 61.2 Å². The van der Waals surface area contributed by atoms with Crippen LogP contribution in [0.1, 0.15) is 87.0 Å². The second-order valence-corrected chi connectivity index (χ2v) is 11.5. The average Bonchev–Trinajstić information content (AvgIpc) is 3.13. The fourth-order valence-electron chi connectivity index (χ4n) is 6.97. The van der Waals surface area contributed by atoms with Crippen molar-refractivity contribution in [3.05, 3.63) is 0 Å². The Morgan fingerprint density at radius 3 is 1.23 bits per heavy atom. The quantitative estimate of drug-likeness (QED) is 0.517. The van der Waals surface area contributed by atoms with Crippen molar-refractivity contribution in [3.8, 4) is 0 Å². The summed E-state index contributed by atoms with van der Waals surface area (Å²) >= 11 is 0. The van der Waals surface area contributed by atoms with Crippen molar-refractivity contribution in [3.63, 3.8) is 0 Å². The molecule has 0 unspecified atom stereocenters. The molecule has 4 rings (SSSR count). The molecule has 4 bridgehead atoms. The van der Waals surface area contributed by atoms with Gasteiger partial charge in [0.25, 0.3) is 5.97 Å². The van der Waals surface area contributed by atoms with E-state index in [2.05, 4.69) is 41.5 Å². The van der Waals surface area contributed by atoms with E-state index in [1.165, 1.54) is 12.8 Å². The Hall–Kier alpha value is -1.59. The van der Waals surface area contributed by atoms with Crippen LogP contribution in [0.5, 0.6) is 0 Å². The summed E-state index contributed by atoms with van der Waals surface area (Å²) in [7, 11) is 0. The van der Waals surface area contributed by atoms with Crippen LogP contribution in [-0.4, -0.2) is 35.2 Å². The number of carboxylic acid groups (broad SMARTS) is 1. The lowest BCUT2D eigenvalue weighted by molar-refractivity contribution is -0.182. The van der Waals surface area contributed by atoms with Crippen LogP contribution in [0.4, 0.5) is 0 Å². The molecule has 6 heteroatoms. The smallest absolute Gasteiger partial charge is 0.417 e. The number of esters is 2. The molecule has 4 aliphatic rings. The Labute approximate surface area is 180 Å². The second-order valence-electron chi connectivity index (χ2n) is 11.5. The molecular weight excluding hydrogens is 384 g/mol. The minimum Gasteiger partial charge on any atom is -0.481 e. The first-order valence-electron chi connectivity index (χ1n) is 11.3. The number of aliphatic carboxylic acids is 1. The van der Waals surface area contributed by atoms with E-state index < -0.39 is 17.9 Å². The maximum atomic E-state index is 12.5. The van der Waals surface area contributed by atoms with Crippen molar-refractivity contribution in [2.75, 3.05) is 0 Å². The van der Waals surface area contributed by atoms with Crippen molar-refractivity contribution >= 4 is 17.9 Å². The largest absolute Gasteiger partial charge is 0.481 e. The molecule has 4 aliphatic carbocycles. The molecule has 4 fully saturated rings. The van der Waals surface area contributed by atoms with Crippen LogP contribution in [0.25, 0.3) is 0 Å². The van der Waals surface area contributed by atoms with Gasteiger partial charge in [0.05, 0.1) is 0 Å². The third kappa shape index (κ3) is 3.25. The van der Waals surface area contributed by atoms with Crippen LogP contribution >= 0.6 is 0 Å². The molecule has 0 heterocycles. The molecule has 0 saturated heterocycles. The molecule has 0 spiro atoms. The van der Waals surface area contributed by atoms with Gasteiger partial charge in [0.1, 0.15) is 12.2 Å². The van der Waals surface area contributed by atoms with E-state index in [1.54, 1.807) is 0 Å². The molecule has 30 heavy (non-hydrogen) atoms. The van der Waals surface area contributed by atoms with E-state index in [-0.39, 0.29) is 33.9 Å². The number of carbonyl (C=O) groups is 3. The molecule has 170 valence electrons. The summed E-state index contributed by atoms with van der Waals surface area (Å²) < 4.78 is 11.4. The number of carboxylic acids is 1. The Bertz CT molecular complexity index is 680. The van der Waals surface area contributed by atoms with Gasteiger partial charge in [-0.15, -0.1) is 0 Å². The van der Waals surface area contributed by atoms with Gasteiger partial charge in [-0.2, -0.15) is 0 Å². The van der Waals surface area contributed by atoms with Gasteiger partial charge in [0, 0.05) is 17.8 Å². The maximum absolute atomic E-state index is 12.5. The topological polar surface area (TPSA) is 89.9 Å². The van der Waals surface area contributed by atoms with Crippen LogP contribution < -0.4 is 0 Å². The molecule has 0 aromatic rings. The number of hydrogen-bond donors (Lipinski definition) is 1. The van der Waals surface area contributed by atoms with Crippen molar-refractivity contribution in [2.45, 2.75) is 99.2 Å². The summed E-state index contributed by atoms with van der Waals surface area (Å²) in [6.45, 7) is 14.6. The minimum absolute atomic E-state index is 0.0337. The van der Waals surface area contributed by atoms with Gasteiger partial charge in [0.15, 0.2) is 0 Å². The standard InChI is InChI=1S/C22H34O4.C2H4O2/c1-19(2)13-7-9-21(19,5)15(11-13)25-17(23)18(24)26-16-12-14-8-10-22(16,6)20(14,3)4;1-2(3)4/h13-16H,7-12H2,1-6H3;1H3,(H,3,4)/t13-,14-,15+,16+,21-,22-;/m1./s1. The monoisotopic (exact) mass is 422 g/mol. The van der Waals surface area contributed by atoms with Gasteiger partial charge in [-0.1, -0.05) is 41.5 Å². The Morgan fingerprint density at radius 2 is 1.03 bits per heavy atom. The average molecular weight is 423 g/mol. The van der Waals surface area contributed by atoms with Crippen LogP contribution in [0, 0.1) is 33.5 Å². The molecule has 1 N–H and O–H groups in total. The first-order valence-corrected chi connectivity index (χ1v) is 11.3. The summed E-state index contributed by atoms with van der Waals surface area (Å²) in [6, 6.07) is 0. The highest BCUT2D eigenvalue weighted by molar-refractivity contribution is 6.29. The van der Waals surface area contributed by atoms with Gasteiger partial charge in [0.2, 0.25) is 0 Å². The van der Waals surface area contributed by atoms with E-state index in [0.29, 0.717) is 11.8 Å². The van der Waals surface area contributed by atoms with E-state index in [4.69, 9.17) is 19.4 Å². The molecule has 0 aromatic carbocycles. The normalized spacial score (nSPS) is 41.7. The molecule has 0 amide bonds. The number of fused-ring (bicyclic) bond motifs is 4. The van der Waals surface area contributed by atoms with Gasteiger partial charge >= 0.3 is 11.9 Å². The van der Waals surface area contributed by atoms with Crippen LogP contribution in [0.3, 0.4) is 0 Å². The molecule has 0 aromatic heterocycles. The van der Waals surface area contributed by atoms with Crippen molar-refractivity contribution < 1.29 is 29.0 Å². The molecule has 0 radical (unpaired) electrons. The third-order valence-electron chi connectivity index (χ3n) is 10.1. The second kappa shape index (κ2) is 7.23. The van der Waals surface area contributed by atoms with Crippen LogP contribution in [0.15, 0.2) is 0 Å². The molecule has 6 atom stereocenters. The fourth-order valence-corrected chi connectivity index (χ4v) is 6.97. The lowest BCUT2D eigenvalue weighted by Crippen LogP contribution is -2.42. The van der Waals surface area contributed by atoms with Gasteiger partial charge < -0.3 is 14.6 Å². The molecular formula is C24H38O6. The highest BCUT2D eigenvalue weighted by atomic mass is 16.6. The zero-order chi connectivity index (χ0) is 22.7. The van der Waals surface area contributed by atoms with E-state index in [0.717, 1.165) is 32.6 Å². The first kappa shape index (κ1) is 23.1. The molecule has 4 saturated carbocycles. The van der Waals surface area contributed by atoms with Gasteiger partial charge in [-0.25, -0.2) is 9.59 Å². The predicted molar refractivity (Wildman–Crippen MR) is 112 cm³/mol. The summed E-state index contributed by atoms with van der Waals surface area (Å²) in [6.07, 6.45) is 5.93. The number of hydrogen-bond acceptors (Lipinski definition) is 5. The number of ether oxygens (including phenoxy) is 2. The zero-order valence-electron chi connectivity index (χ0n) is 19.5. The summed E-state index contributed by atoms with van der Waals surface area (Å²) in [5, 5.41) is 7.42. The number of carbonyl (C=O) groups excluding carboxylic acids is 2. The predicted octanol–water partition coefficient (Wildman–Crippen LogP) is 4.59. The first-order chi connectivity index (χ1) is 13.7. The van der Waals surface area contributed by atoms with E-state index in [1.807, 2.05) is 0 Å². The minimum atomic E-state index is -0.833. The maximum Gasteiger partial charge on any atom is 0.417 e. The summed E-state index contributed by atoms with van der Waals surface area (Å²) in [5.74, 6) is -1.26. The zero-order valence-corrected chi connectivity index (χ0v) is 19.5. The van der Waals surface area contributed by atoms with Crippen molar-refractivity contribution in [1.29, 1.82) is 0 Å². The highest BCUT2D eigenvalue weighted by Crippen LogP contribution is 2.67. The van der Waals surface area contributed by atoms with Crippen LogP contribution in [-0.2, 0) is 23.9 Å². The lowest BCUT2D eigenvalue weighted by atomic mass is 9.70. The van der Waals surface area contributed by atoms with E-state index >= 15 is 0 Å². The molecule has 6 nitrogen and oxygen atoms in total. The Morgan fingerprint density at radius 1 is 0.733 bits per heavy atom. The fraction of sp³-hybridized carbons (Fsp3) is 0.875. The van der Waals surface area contributed by atoms with E-state index in [9.17, 15) is 9.59 Å². The lowest BCUT2D eigenvalue weighted by Gasteiger charge is -2.39. The van der Waals surface area contributed by atoms with Crippen molar-refractivity contribution in [2.24, 2.45) is 33.5 Å². The van der Waals surface area contributed by atoms with Crippen LogP contribution in [0.2, 0.25) is 0 Å². The van der Waals surface area contributed by atoms with Crippen molar-refractivity contribution in [1.82, 2.24) is 0 Å². The third-order valence-corrected chi connectivity index (χ3v) is 10.1. The Balaban J connectivity index is 0.000000589. The highest BCUT2D eigenvalue weighted by Gasteiger charge is 2.64.